The van der Waals surface area contributed by atoms with Crippen molar-refractivity contribution in [2.24, 2.45) is 0 Å². The van der Waals surface area contributed by atoms with Gasteiger partial charge in [-0.25, -0.2) is 0 Å². The van der Waals surface area contributed by atoms with Crippen LogP contribution in [0.15, 0.2) is 34.9 Å². The van der Waals surface area contributed by atoms with Gasteiger partial charge in [-0.1, -0.05) is 0 Å². The third-order valence-electron chi connectivity index (χ3n) is 3.98. The van der Waals surface area contributed by atoms with Gasteiger partial charge in [0, 0.05) is 13.1 Å². The van der Waals surface area contributed by atoms with Crippen LogP contribution in [0.5, 0.6) is 11.5 Å². The molecule has 3 rings (SSSR count). The van der Waals surface area contributed by atoms with E-state index in [0.717, 1.165) is 17.7 Å². The van der Waals surface area contributed by atoms with Gasteiger partial charge in [0.2, 0.25) is 5.91 Å². The lowest BCUT2D eigenvalue weighted by Gasteiger charge is -2.29. The molecule has 1 amide bonds. The Morgan fingerprint density at radius 2 is 1.95 bits per heavy atom. The minimum Gasteiger partial charge on any atom is -0.493 e. The smallest absolute Gasteiger partial charge is 0.230 e. The molecule has 0 saturated heterocycles. The van der Waals surface area contributed by atoms with Gasteiger partial charge in [0.05, 0.1) is 26.9 Å². The maximum atomic E-state index is 12.4. The molecule has 0 spiro atoms. The summed E-state index contributed by atoms with van der Waals surface area (Å²) in [6.45, 7) is 1.30. The predicted octanol–water partition coefficient (Wildman–Crippen LogP) is 2.42. The molecule has 2 heterocycles. The molecule has 0 fully saturated rings. The Labute approximate surface area is 129 Å². The number of rotatable bonds is 4. The summed E-state index contributed by atoms with van der Waals surface area (Å²) in [5.74, 6) is 2.21. The van der Waals surface area contributed by atoms with Crippen molar-refractivity contribution < 1.29 is 18.7 Å². The first-order valence-corrected chi connectivity index (χ1v) is 7.25. The van der Waals surface area contributed by atoms with Gasteiger partial charge < -0.3 is 18.8 Å². The average molecular weight is 301 g/mol. The number of hydrogen-bond acceptors (Lipinski definition) is 4. The van der Waals surface area contributed by atoms with Gasteiger partial charge in [0.1, 0.15) is 5.76 Å². The number of benzene rings is 1. The van der Waals surface area contributed by atoms with Gasteiger partial charge in [-0.15, -0.1) is 0 Å². The van der Waals surface area contributed by atoms with E-state index < -0.39 is 0 Å². The summed E-state index contributed by atoms with van der Waals surface area (Å²) in [6, 6.07) is 7.58. The average Bonchev–Trinajstić information content (AvgIpc) is 3.05. The molecule has 0 unspecified atom stereocenters. The molecule has 1 aromatic heterocycles. The highest BCUT2D eigenvalue weighted by atomic mass is 16.5. The maximum absolute atomic E-state index is 12.4. The Balaban J connectivity index is 1.76. The molecule has 0 atom stereocenters. The van der Waals surface area contributed by atoms with Gasteiger partial charge in [0.25, 0.3) is 0 Å². The maximum Gasteiger partial charge on any atom is 0.230 e. The highest BCUT2D eigenvalue weighted by Gasteiger charge is 2.23. The van der Waals surface area contributed by atoms with E-state index in [9.17, 15) is 4.79 Å². The first-order valence-electron chi connectivity index (χ1n) is 7.25. The molecule has 5 nitrogen and oxygen atoms in total. The SMILES string of the molecule is COc1cc2c(cc1OC)CN(C(=O)Cc1ccco1)CC2. The van der Waals surface area contributed by atoms with Crippen molar-refractivity contribution in [1.29, 1.82) is 0 Å². The molecular weight excluding hydrogens is 282 g/mol. The summed E-state index contributed by atoms with van der Waals surface area (Å²) in [7, 11) is 3.25. The molecular formula is C17H19NO4. The van der Waals surface area contributed by atoms with Crippen LogP contribution in [0.1, 0.15) is 16.9 Å². The van der Waals surface area contributed by atoms with Gasteiger partial charge in [-0.2, -0.15) is 0 Å². The zero-order chi connectivity index (χ0) is 15.5. The van der Waals surface area contributed by atoms with E-state index in [1.807, 2.05) is 23.1 Å². The fourth-order valence-corrected chi connectivity index (χ4v) is 2.77. The lowest BCUT2D eigenvalue weighted by atomic mass is 9.98. The molecule has 0 aliphatic carbocycles. The third-order valence-corrected chi connectivity index (χ3v) is 3.98. The molecule has 2 aromatic rings. The van der Waals surface area contributed by atoms with Crippen molar-refractivity contribution >= 4 is 5.91 Å². The summed E-state index contributed by atoms with van der Waals surface area (Å²) < 4.78 is 15.9. The molecule has 5 heteroatoms. The Hall–Kier alpha value is -2.43. The van der Waals surface area contributed by atoms with Gasteiger partial charge in [-0.3, -0.25) is 4.79 Å². The molecule has 1 aromatic carbocycles. The van der Waals surface area contributed by atoms with Crippen molar-refractivity contribution in [3.63, 3.8) is 0 Å². The van der Waals surface area contributed by atoms with Gasteiger partial charge >= 0.3 is 0 Å². The van der Waals surface area contributed by atoms with Crippen molar-refractivity contribution in [2.45, 2.75) is 19.4 Å². The molecule has 0 bridgehead atoms. The van der Waals surface area contributed by atoms with Crippen LogP contribution in [0.25, 0.3) is 0 Å². The van der Waals surface area contributed by atoms with Gasteiger partial charge in [-0.05, 0) is 41.8 Å². The summed E-state index contributed by atoms with van der Waals surface area (Å²) in [5.41, 5.74) is 2.32. The van der Waals surface area contributed by atoms with E-state index in [4.69, 9.17) is 13.9 Å². The van der Waals surface area contributed by atoms with Gasteiger partial charge in [0.15, 0.2) is 11.5 Å². The van der Waals surface area contributed by atoms with Crippen LogP contribution in [0.4, 0.5) is 0 Å². The number of nitrogens with zero attached hydrogens (tertiary/aromatic N) is 1. The number of carbonyl (C=O) groups excluding carboxylic acids is 1. The molecule has 1 aliphatic heterocycles. The molecule has 0 N–H and O–H groups in total. The largest absolute Gasteiger partial charge is 0.493 e. The molecule has 1 aliphatic rings. The van der Waals surface area contributed by atoms with Crippen molar-refractivity contribution in [1.82, 2.24) is 4.90 Å². The Kier molecular flexibility index (Phi) is 4.04. The number of amides is 1. The quantitative estimate of drug-likeness (QED) is 0.870. The number of ether oxygens (including phenoxy) is 2. The van der Waals surface area contributed by atoms with Crippen LogP contribution in [-0.4, -0.2) is 31.6 Å². The zero-order valence-electron chi connectivity index (χ0n) is 12.8. The van der Waals surface area contributed by atoms with Crippen LogP contribution >= 0.6 is 0 Å². The number of furan rings is 1. The monoisotopic (exact) mass is 301 g/mol. The fraction of sp³-hybridized carbons (Fsp3) is 0.353. The van der Waals surface area contributed by atoms with Crippen LogP contribution in [0.3, 0.4) is 0 Å². The number of fused-ring (bicyclic) bond motifs is 1. The van der Waals surface area contributed by atoms with Crippen molar-refractivity contribution in [2.75, 3.05) is 20.8 Å². The minimum absolute atomic E-state index is 0.0791. The Morgan fingerprint density at radius 3 is 2.59 bits per heavy atom. The second kappa shape index (κ2) is 6.13. The van der Waals surface area contributed by atoms with Crippen molar-refractivity contribution in [3.8, 4) is 11.5 Å². The first kappa shape index (κ1) is 14.5. The lowest BCUT2D eigenvalue weighted by molar-refractivity contribution is -0.131. The summed E-state index contributed by atoms with van der Waals surface area (Å²) in [5, 5.41) is 0. The Bertz CT molecular complexity index is 664. The minimum atomic E-state index is 0.0791. The van der Waals surface area contributed by atoms with E-state index in [1.54, 1.807) is 26.5 Å². The second-order valence-electron chi connectivity index (χ2n) is 5.30. The summed E-state index contributed by atoms with van der Waals surface area (Å²) in [4.78, 5) is 14.2. The number of carbonyl (C=O) groups is 1. The highest BCUT2D eigenvalue weighted by Crippen LogP contribution is 2.33. The standard InChI is InChI=1S/C17H19NO4/c1-20-15-8-12-5-6-18(11-13(12)9-16(15)21-2)17(19)10-14-4-3-7-22-14/h3-4,7-9H,5-6,10-11H2,1-2H3. The van der Waals surface area contributed by atoms with E-state index in [0.29, 0.717) is 31.0 Å². The fourth-order valence-electron chi connectivity index (χ4n) is 2.77. The number of hydrogen-bond donors (Lipinski definition) is 0. The molecule has 22 heavy (non-hydrogen) atoms. The van der Waals surface area contributed by atoms with Crippen molar-refractivity contribution in [3.05, 3.63) is 47.4 Å². The van der Waals surface area contributed by atoms with Crippen LogP contribution < -0.4 is 9.47 Å². The molecule has 0 radical (unpaired) electrons. The van der Waals surface area contributed by atoms with E-state index in [2.05, 4.69) is 0 Å². The summed E-state index contributed by atoms with van der Waals surface area (Å²) >= 11 is 0. The first-order chi connectivity index (χ1) is 10.7. The third kappa shape index (κ3) is 2.79. The van der Waals surface area contributed by atoms with Crippen LogP contribution in [0.2, 0.25) is 0 Å². The second-order valence-corrected chi connectivity index (χ2v) is 5.30. The normalized spacial score (nSPS) is 13.6. The predicted molar refractivity (Wildman–Crippen MR) is 81.1 cm³/mol. The van der Waals surface area contributed by atoms with Crippen LogP contribution in [-0.2, 0) is 24.2 Å². The van der Waals surface area contributed by atoms with E-state index >= 15 is 0 Å². The topological polar surface area (TPSA) is 51.9 Å². The van der Waals surface area contributed by atoms with E-state index in [1.165, 1.54) is 5.56 Å². The summed E-state index contributed by atoms with van der Waals surface area (Å²) in [6.07, 6.45) is 2.71. The molecule has 116 valence electrons. The van der Waals surface area contributed by atoms with E-state index in [-0.39, 0.29) is 5.91 Å². The van der Waals surface area contributed by atoms with Crippen LogP contribution in [0, 0.1) is 0 Å². The Morgan fingerprint density at radius 1 is 1.23 bits per heavy atom. The molecule has 0 saturated carbocycles. The number of methoxy groups -OCH3 is 2. The highest BCUT2D eigenvalue weighted by molar-refractivity contribution is 5.78. The lowest BCUT2D eigenvalue weighted by Crippen LogP contribution is -2.36. The zero-order valence-corrected chi connectivity index (χ0v) is 12.8.